The van der Waals surface area contributed by atoms with Crippen LogP contribution in [0.1, 0.15) is 18.2 Å². The summed E-state index contributed by atoms with van der Waals surface area (Å²) in [6, 6.07) is 2.39. The second-order valence-electron chi connectivity index (χ2n) is 4.73. The van der Waals surface area contributed by atoms with E-state index >= 15 is 0 Å². The highest BCUT2D eigenvalue weighted by atomic mass is 19.4. The summed E-state index contributed by atoms with van der Waals surface area (Å²) in [6.07, 6.45) is -11.3. The van der Waals surface area contributed by atoms with E-state index in [1.54, 1.807) is 0 Å². The minimum Gasteiger partial charge on any atom is -0.451 e. The van der Waals surface area contributed by atoms with Crippen molar-refractivity contribution in [2.24, 2.45) is 0 Å². The van der Waals surface area contributed by atoms with E-state index in [0.717, 1.165) is 19.1 Å². The highest BCUT2D eigenvalue weighted by Gasteiger charge is 2.59. The number of fused-ring (bicyclic) bond motifs is 1. The van der Waals surface area contributed by atoms with Gasteiger partial charge in [0.25, 0.3) is 5.79 Å². The zero-order valence-electron chi connectivity index (χ0n) is 11.6. The number of hydrogen-bond acceptors (Lipinski definition) is 5. The molecular weight excluding hydrogens is 350 g/mol. The molecule has 0 aliphatic rings. The van der Waals surface area contributed by atoms with Crippen LogP contribution in [0.2, 0.25) is 0 Å². The van der Waals surface area contributed by atoms with Crippen molar-refractivity contribution < 1.29 is 50.5 Å². The number of rotatable bonds is 2. The van der Waals surface area contributed by atoms with E-state index in [-0.39, 0.29) is 0 Å². The molecule has 1 aromatic carbocycles. The van der Waals surface area contributed by atoms with Gasteiger partial charge in [0.2, 0.25) is 5.76 Å². The minimum absolute atomic E-state index is 0.399. The molecule has 0 saturated heterocycles. The third-order valence-electron chi connectivity index (χ3n) is 2.92. The molecule has 132 valence electrons. The Morgan fingerprint density at radius 3 is 2.17 bits per heavy atom. The Bertz CT molecular complexity index is 786. The average molecular weight is 358 g/mol. The summed E-state index contributed by atoms with van der Waals surface area (Å²) in [5.74, 6) is -8.34. The lowest BCUT2D eigenvalue weighted by molar-refractivity contribution is -0.359. The molecule has 1 heterocycles. The highest BCUT2D eigenvalue weighted by molar-refractivity contribution is 5.85. The Morgan fingerprint density at radius 2 is 1.71 bits per heavy atom. The van der Waals surface area contributed by atoms with Gasteiger partial charge < -0.3 is 19.4 Å². The minimum atomic E-state index is -5.85. The van der Waals surface area contributed by atoms with Crippen molar-refractivity contribution in [2.75, 3.05) is 0 Å². The fourth-order valence-electron chi connectivity index (χ4n) is 1.99. The van der Waals surface area contributed by atoms with E-state index in [0.29, 0.717) is 6.07 Å². The summed E-state index contributed by atoms with van der Waals surface area (Å²) in [5, 5.41) is 17.7. The Balaban J connectivity index is 2.83. The molecule has 0 saturated carbocycles. The third kappa shape index (κ3) is 3.04. The smallest absolute Gasteiger partial charge is 0.450 e. The van der Waals surface area contributed by atoms with Gasteiger partial charge in [-0.05, 0) is 18.2 Å². The quantitative estimate of drug-likeness (QED) is 0.373. The van der Waals surface area contributed by atoms with Gasteiger partial charge in [-0.3, -0.25) is 4.79 Å². The molecule has 11 heteroatoms. The maximum atomic E-state index is 12.9. The van der Waals surface area contributed by atoms with Gasteiger partial charge in [0.05, 0.1) is 5.56 Å². The van der Waals surface area contributed by atoms with Gasteiger partial charge in [-0.1, -0.05) is 0 Å². The summed E-state index contributed by atoms with van der Waals surface area (Å²) in [7, 11) is 0. The number of carbonyl (C=O) groups is 1. The third-order valence-corrected chi connectivity index (χ3v) is 2.92. The normalized spacial score (nSPS) is 13.4. The second-order valence-corrected chi connectivity index (χ2v) is 4.73. The molecule has 2 N–H and O–H groups in total. The number of furan rings is 1. The predicted octanol–water partition coefficient (Wildman–Crippen LogP) is 3.08. The van der Waals surface area contributed by atoms with Crippen molar-refractivity contribution in [3.05, 3.63) is 29.5 Å². The molecule has 1 aromatic heterocycles. The van der Waals surface area contributed by atoms with E-state index in [2.05, 4.69) is 9.15 Å². The van der Waals surface area contributed by atoms with E-state index in [1.165, 1.54) is 0 Å². The Hall–Kier alpha value is -2.27. The van der Waals surface area contributed by atoms with Crippen LogP contribution in [0.15, 0.2) is 22.6 Å². The lowest BCUT2D eigenvalue weighted by Crippen LogP contribution is -2.43. The number of ether oxygens (including phenoxy) is 1. The summed E-state index contributed by atoms with van der Waals surface area (Å²) >= 11 is 0. The molecule has 0 atom stereocenters. The van der Waals surface area contributed by atoms with Crippen molar-refractivity contribution >= 4 is 16.9 Å². The number of esters is 1. The summed E-state index contributed by atoms with van der Waals surface area (Å²) in [6.45, 7) is 0.958. The molecule has 2 rings (SSSR count). The van der Waals surface area contributed by atoms with Crippen molar-refractivity contribution in [3.63, 3.8) is 0 Å². The van der Waals surface area contributed by atoms with Crippen LogP contribution in [0.5, 0.6) is 5.75 Å². The monoisotopic (exact) mass is 358 g/mol. The van der Waals surface area contributed by atoms with Crippen LogP contribution in [0, 0.1) is 0 Å². The SMILES string of the molecule is CC(=O)Oc1ccc2oc(C(F)(F)F)c(C(O)(O)C(F)(F)F)c2c1. The van der Waals surface area contributed by atoms with Gasteiger partial charge in [-0.25, -0.2) is 0 Å². The van der Waals surface area contributed by atoms with E-state index in [9.17, 15) is 41.4 Å². The van der Waals surface area contributed by atoms with Crippen LogP contribution in [0.25, 0.3) is 11.0 Å². The molecule has 24 heavy (non-hydrogen) atoms. The van der Waals surface area contributed by atoms with Crippen LogP contribution in [0.4, 0.5) is 26.3 Å². The van der Waals surface area contributed by atoms with Crippen molar-refractivity contribution in [1.29, 1.82) is 0 Å². The van der Waals surface area contributed by atoms with Gasteiger partial charge in [0.15, 0.2) is 0 Å². The summed E-state index contributed by atoms with van der Waals surface area (Å²) in [4.78, 5) is 10.9. The number of aliphatic hydroxyl groups is 2. The molecule has 0 aliphatic carbocycles. The first-order valence-corrected chi connectivity index (χ1v) is 6.09. The van der Waals surface area contributed by atoms with Gasteiger partial charge in [0.1, 0.15) is 11.3 Å². The lowest BCUT2D eigenvalue weighted by atomic mass is 10.0. The predicted molar refractivity (Wildman–Crippen MR) is 64.7 cm³/mol. The molecule has 0 spiro atoms. The highest BCUT2D eigenvalue weighted by Crippen LogP contribution is 2.47. The molecule has 0 aliphatic heterocycles. The van der Waals surface area contributed by atoms with Gasteiger partial charge >= 0.3 is 18.3 Å². The Labute approximate surface area is 129 Å². The number of benzene rings is 1. The van der Waals surface area contributed by atoms with Crippen molar-refractivity contribution in [2.45, 2.75) is 25.1 Å². The molecule has 5 nitrogen and oxygen atoms in total. The van der Waals surface area contributed by atoms with Crippen molar-refractivity contribution in [3.8, 4) is 5.75 Å². The largest absolute Gasteiger partial charge is 0.451 e. The fourth-order valence-corrected chi connectivity index (χ4v) is 1.99. The van der Waals surface area contributed by atoms with Gasteiger partial charge in [-0.2, -0.15) is 26.3 Å². The summed E-state index contributed by atoms with van der Waals surface area (Å²) in [5.41, 5.74) is -2.64. The Morgan fingerprint density at radius 1 is 1.12 bits per heavy atom. The maximum Gasteiger partial charge on any atom is 0.450 e. The second kappa shape index (κ2) is 5.38. The number of hydrogen-bond donors (Lipinski definition) is 2. The molecule has 0 unspecified atom stereocenters. The molecular formula is C13H8F6O5. The van der Waals surface area contributed by atoms with Crippen LogP contribution in [-0.2, 0) is 16.8 Å². The summed E-state index contributed by atoms with van der Waals surface area (Å²) < 4.78 is 86.2. The first-order chi connectivity index (χ1) is 10.7. The van der Waals surface area contributed by atoms with Crippen LogP contribution >= 0.6 is 0 Å². The molecule has 2 aromatic rings. The van der Waals surface area contributed by atoms with Gasteiger partial charge in [-0.15, -0.1) is 0 Å². The maximum absolute atomic E-state index is 12.9. The average Bonchev–Trinajstić information content (AvgIpc) is 2.75. The number of carbonyl (C=O) groups excluding carboxylic acids is 1. The fraction of sp³-hybridized carbons (Fsp3) is 0.308. The van der Waals surface area contributed by atoms with Crippen LogP contribution in [0.3, 0.4) is 0 Å². The van der Waals surface area contributed by atoms with E-state index < -0.39 is 52.2 Å². The Kier molecular flexibility index (Phi) is 4.05. The molecule has 0 radical (unpaired) electrons. The molecule has 0 amide bonds. The zero-order chi connectivity index (χ0) is 18.5. The lowest BCUT2D eigenvalue weighted by Gasteiger charge is -2.25. The first kappa shape index (κ1) is 18.1. The zero-order valence-corrected chi connectivity index (χ0v) is 11.6. The standard InChI is InChI=1S/C13H8F6O5/c1-5(20)23-6-2-3-8-7(4-6)9(10(24-8)12(14,15)16)11(21,22)13(17,18)19/h2-4,21-22H,1H3. The number of halogens is 6. The molecule has 0 bridgehead atoms. The van der Waals surface area contributed by atoms with Crippen LogP contribution in [-0.4, -0.2) is 22.4 Å². The van der Waals surface area contributed by atoms with Crippen molar-refractivity contribution in [1.82, 2.24) is 0 Å². The topological polar surface area (TPSA) is 79.9 Å². The van der Waals surface area contributed by atoms with Gasteiger partial charge in [0, 0.05) is 12.3 Å². The van der Waals surface area contributed by atoms with E-state index in [4.69, 9.17) is 0 Å². The first-order valence-electron chi connectivity index (χ1n) is 6.09. The number of alkyl halides is 6. The van der Waals surface area contributed by atoms with Crippen LogP contribution < -0.4 is 4.74 Å². The van der Waals surface area contributed by atoms with E-state index in [1.807, 2.05) is 0 Å². The molecule has 0 fully saturated rings.